The Morgan fingerprint density at radius 3 is 2.00 bits per heavy atom. The molecule has 0 unspecified atom stereocenters. The molecule has 1 fully saturated rings. The molecule has 0 N–H and O–H groups in total. The van der Waals surface area contributed by atoms with Gasteiger partial charge in [-0.2, -0.15) is 0 Å². The lowest BCUT2D eigenvalue weighted by Crippen LogP contribution is -2.42. The van der Waals surface area contributed by atoms with E-state index in [4.69, 9.17) is 0 Å². The molecule has 1 aromatic carbocycles. The largest absolute Gasteiger partial charge is 0.300 e. The topological polar surface area (TPSA) is 3.24 Å². The summed E-state index contributed by atoms with van der Waals surface area (Å²) in [4.78, 5) is 2.42. The Morgan fingerprint density at radius 1 is 0.938 bits per heavy atom. The minimum atomic E-state index is 0. The van der Waals surface area contributed by atoms with Crippen molar-refractivity contribution in [1.29, 1.82) is 0 Å². The summed E-state index contributed by atoms with van der Waals surface area (Å²) in [6, 6.07) is 11.0. The average Bonchev–Trinajstić information content (AvgIpc) is 2.31. The lowest BCUT2D eigenvalue weighted by Gasteiger charge is -2.43. The van der Waals surface area contributed by atoms with Gasteiger partial charge in [0, 0.05) is 5.54 Å². The van der Waals surface area contributed by atoms with Gasteiger partial charge in [0.2, 0.25) is 0 Å². The Labute approximate surface area is 105 Å². The van der Waals surface area contributed by atoms with E-state index in [2.05, 4.69) is 49.3 Å². The molecule has 2 rings (SSSR count). The van der Waals surface area contributed by atoms with Gasteiger partial charge in [0.1, 0.15) is 0 Å². The van der Waals surface area contributed by atoms with Crippen LogP contribution in [0.5, 0.6) is 0 Å². The van der Waals surface area contributed by atoms with Crippen molar-refractivity contribution in [1.82, 2.24) is 4.90 Å². The maximum absolute atomic E-state index is 2.42. The first-order chi connectivity index (χ1) is 7.26. The van der Waals surface area contributed by atoms with Crippen LogP contribution < -0.4 is 0 Å². The van der Waals surface area contributed by atoms with E-state index in [0.29, 0.717) is 5.54 Å². The maximum Gasteiger partial charge on any atom is 0.0454 e. The van der Waals surface area contributed by atoms with Crippen molar-refractivity contribution in [2.75, 3.05) is 14.1 Å². The predicted octanol–water partition coefficient (Wildman–Crippen LogP) is 3.83. The highest BCUT2D eigenvalue weighted by Gasteiger charge is 2.35. The molecule has 90 valence electrons. The van der Waals surface area contributed by atoms with Crippen LogP contribution in [0, 0.1) is 0 Å². The molecule has 1 aliphatic carbocycles. The zero-order valence-corrected chi connectivity index (χ0v) is 11.1. The fraction of sp³-hybridized carbons (Fsp3) is 0.571. The second kappa shape index (κ2) is 5.70. The van der Waals surface area contributed by atoms with Crippen molar-refractivity contribution in [2.24, 2.45) is 0 Å². The van der Waals surface area contributed by atoms with E-state index in [9.17, 15) is 0 Å². The Balaban J connectivity index is 0.00000128. The summed E-state index contributed by atoms with van der Waals surface area (Å²) in [7, 11) is 4.44. The van der Waals surface area contributed by atoms with Crippen LogP contribution in [0.25, 0.3) is 0 Å². The second-order valence-electron chi connectivity index (χ2n) is 4.85. The fourth-order valence-electron chi connectivity index (χ4n) is 2.88. The number of halogens is 1. The predicted molar refractivity (Wildman–Crippen MR) is 72.1 cm³/mol. The third-order valence-corrected chi connectivity index (χ3v) is 3.85. The number of nitrogens with zero attached hydrogens (tertiary/aromatic N) is 1. The molecular formula is C14H22ClN. The normalized spacial score (nSPS) is 19.2. The molecule has 0 aliphatic heterocycles. The molecule has 0 bridgehead atoms. The van der Waals surface area contributed by atoms with E-state index >= 15 is 0 Å². The monoisotopic (exact) mass is 239 g/mol. The summed E-state index contributed by atoms with van der Waals surface area (Å²) in [5.41, 5.74) is 1.80. The summed E-state index contributed by atoms with van der Waals surface area (Å²) in [6.07, 6.45) is 6.76. The molecule has 0 atom stereocenters. The summed E-state index contributed by atoms with van der Waals surface area (Å²) >= 11 is 0. The Kier molecular flexibility index (Phi) is 4.82. The molecule has 0 radical (unpaired) electrons. The summed E-state index contributed by atoms with van der Waals surface area (Å²) in [5, 5.41) is 0. The maximum atomic E-state index is 2.42. The first-order valence-corrected chi connectivity index (χ1v) is 5.99. The van der Waals surface area contributed by atoms with Crippen LogP contribution in [-0.4, -0.2) is 19.0 Å². The van der Waals surface area contributed by atoms with E-state index in [0.717, 1.165) is 0 Å². The summed E-state index contributed by atoms with van der Waals surface area (Å²) in [6.45, 7) is 0. The summed E-state index contributed by atoms with van der Waals surface area (Å²) in [5.74, 6) is 0. The van der Waals surface area contributed by atoms with E-state index in [1.54, 1.807) is 0 Å². The second-order valence-corrected chi connectivity index (χ2v) is 4.85. The first-order valence-electron chi connectivity index (χ1n) is 5.99. The van der Waals surface area contributed by atoms with Gasteiger partial charge in [-0.1, -0.05) is 49.6 Å². The van der Waals surface area contributed by atoms with Crippen molar-refractivity contribution in [3.05, 3.63) is 35.9 Å². The van der Waals surface area contributed by atoms with Crippen molar-refractivity contribution in [3.63, 3.8) is 0 Å². The molecule has 0 heterocycles. The van der Waals surface area contributed by atoms with Crippen LogP contribution in [0.1, 0.15) is 37.7 Å². The van der Waals surface area contributed by atoms with Crippen molar-refractivity contribution in [3.8, 4) is 0 Å². The van der Waals surface area contributed by atoms with Gasteiger partial charge in [-0.05, 0) is 32.5 Å². The Hall–Kier alpha value is -0.530. The third-order valence-electron chi connectivity index (χ3n) is 3.85. The standard InChI is InChI=1S/C14H21N.ClH/c1-15(2)14(11-7-4-8-12-14)13-9-5-3-6-10-13;/h3,5-6,9-10H,4,7-8,11-12H2,1-2H3;1H. The van der Waals surface area contributed by atoms with Gasteiger partial charge in [-0.3, -0.25) is 4.90 Å². The minimum absolute atomic E-state index is 0. The molecular weight excluding hydrogens is 218 g/mol. The smallest absolute Gasteiger partial charge is 0.0454 e. The Morgan fingerprint density at radius 2 is 1.50 bits per heavy atom. The number of benzene rings is 1. The van der Waals surface area contributed by atoms with Gasteiger partial charge in [-0.15, -0.1) is 12.4 Å². The van der Waals surface area contributed by atoms with Crippen LogP contribution in [0.3, 0.4) is 0 Å². The highest BCUT2D eigenvalue weighted by atomic mass is 35.5. The van der Waals surface area contributed by atoms with E-state index in [-0.39, 0.29) is 12.4 Å². The molecule has 1 aliphatic rings. The van der Waals surface area contributed by atoms with Crippen molar-refractivity contribution < 1.29 is 0 Å². The molecule has 1 nitrogen and oxygen atoms in total. The zero-order valence-electron chi connectivity index (χ0n) is 10.3. The van der Waals surface area contributed by atoms with Crippen LogP contribution >= 0.6 is 12.4 Å². The van der Waals surface area contributed by atoms with Gasteiger partial charge in [-0.25, -0.2) is 0 Å². The minimum Gasteiger partial charge on any atom is -0.300 e. The van der Waals surface area contributed by atoms with E-state index < -0.39 is 0 Å². The van der Waals surface area contributed by atoms with Crippen LogP contribution in [0.15, 0.2) is 30.3 Å². The van der Waals surface area contributed by atoms with Crippen LogP contribution in [-0.2, 0) is 5.54 Å². The van der Waals surface area contributed by atoms with Crippen LogP contribution in [0.4, 0.5) is 0 Å². The number of rotatable bonds is 2. The molecule has 1 aromatic rings. The lowest BCUT2D eigenvalue weighted by atomic mass is 9.76. The summed E-state index contributed by atoms with van der Waals surface area (Å²) < 4.78 is 0. The fourth-order valence-corrected chi connectivity index (χ4v) is 2.88. The third kappa shape index (κ3) is 2.41. The lowest BCUT2D eigenvalue weighted by molar-refractivity contribution is 0.0988. The van der Waals surface area contributed by atoms with Gasteiger partial charge in [0.25, 0.3) is 0 Å². The highest BCUT2D eigenvalue weighted by molar-refractivity contribution is 5.85. The van der Waals surface area contributed by atoms with Crippen molar-refractivity contribution >= 4 is 12.4 Å². The molecule has 0 spiro atoms. The molecule has 1 saturated carbocycles. The average molecular weight is 240 g/mol. The quantitative estimate of drug-likeness (QED) is 0.758. The molecule has 2 heteroatoms. The van der Waals surface area contributed by atoms with Gasteiger partial charge in [0.05, 0.1) is 0 Å². The van der Waals surface area contributed by atoms with Crippen LogP contribution in [0.2, 0.25) is 0 Å². The van der Waals surface area contributed by atoms with E-state index in [1.807, 2.05) is 0 Å². The number of hydrogen-bond donors (Lipinski definition) is 0. The molecule has 0 saturated heterocycles. The van der Waals surface area contributed by atoms with Gasteiger partial charge in [0.15, 0.2) is 0 Å². The molecule has 16 heavy (non-hydrogen) atoms. The number of hydrogen-bond acceptors (Lipinski definition) is 1. The van der Waals surface area contributed by atoms with Gasteiger partial charge >= 0.3 is 0 Å². The zero-order chi connectivity index (χ0) is 10.7. The van der Waals surface area contributed by atoms with Gasteiger partial charge < -0.3 is 0 Å². The van der Waals surface area contributed by atoms with E-state index in [1.165, 1.54) is 37.7 Å². The Bertz CT molecular complexity index is 302. The van der Waals surface area contributed by atoms with Crippen molar-refractivity contribution in [2.45, 2.75) is 37.6 Å². The molecule has 0 amide bonds. The highest BCUT2D eigenvalue weighted by Crippen LogP contribution is 2.40. The molecule has 0 aromatic heterocycles. The first kappa shape index (κ1) is 13.5. The SMILES string of the molecule is CN(C)C1(c2ccccc2)CCCCC1.Cl.